The Kier molecular flexibility index (Phi) is 4.19. The molecule has 0 bridgehead atoms. The number of rotatable bonds is 6. The highest BCUT2D eigenvalue weighted by atomic mass is 19.1. The third-order valence-corrected chi connectivity index (χ3v) is 3.45. The second kappa shape index (κ2) is 6.44. The Labute approximate surface area is 131 Å². The zero-order valence-corrected chi connectivity index (χ0v) is 12.2. The van der Waals surface area contributed by atoms with Gasteiger partial charge in [0, 0.05) is 12.6 Å². The largest absolute Gasteiger partial charge is 0.458 e. The average molecular weight is 311 g/mol. The number of carbonyl (C=O) groups is 2. The van der Waals surface area contributed by atoms with Crippen LogP contribution < -0.4 is 0 Å². The quantitative estimate of drug-likeness (QED) is 0.556. The number of halogens is 1. The Morgan fingerprint density at radius 2 is 1.78 bits per heavy atom. The molecule has 0 unspecified atom stereocenters. The van der Waals surface area contributed by atoms with Gasteiger partial charge in [0.15, 0.2) is 11.5 Å². The van der Waals surface area contributed by atoms with E-state index in [1.165, 1.54) is 12.1 Å². The summed E-state index contributed by atoms with van der Waals surface area (Å²) in [6, 6.07) is 12.6. The number of ketones is 2. The van der Waals surface area contributed by atoms with Gasteiger partial charge in [-0.2, -0.15) is 0 Å². The normalized spacial score (nSPS) is 10.7. The van der Waals surface area contributed by atoms with Gasteiger partial charge in [-0.3, -0.25) is 9.59 Å². The summed E-state index contributed by atoms with van der Waals surface area (Å²) in [6.07, 6.45) is 1.84. The van der Waals surface area contributed by atoms with E-state index in [2.05, 4.69) is 4.98 Å². The summed E-state index contributed by atoms with van der Waals surface area (Å²) in [7, 11) is 0. The fourth-order valence-corrected chi connectivity index (χ4v) is 2.26. The third-order valence-electron chi connectivity index (χ3n) is 3.45. The van der Waals surface area contributed by atoms with Gasteiger partial charge in [0.1, 0.15) is 11.6 Å². The Hall–Kier alpha value is -2.95. The van der Waals surface area contributed by atoms with Crippen molar-refractivity contribution in [1.29, 1.82) is 0 Å². The van der Waals surface area contributed by atoms with E-state index in [-0.39, 0.29) is 29.6 Å². The lowest BCUT2D eigenvalue weighted by molar-refractivity contribution is 0.0875. The Morgan fingerprint density at radius 1 is 1.00 bits per heavy atom. The van der Waals surface area contributed by atoms with Crippen LogP contribution in [-0.4, -0.2) is 16.6 Å². The molecule has 0 aliphatic heterocycles. The van der Waals surface area contributed by atoms with Crippen LogP contribution >= 0.6 is 0 Å². The van der Waals surface area contributed by atoms with Crippen molar-refractivity contribution in [2.24, 2.45) is 0 Å². The Bertz CT molecular complexity index is 816. The van der Waals surface area contributed by atoms with E-state index < -0.39 is 0 Å². The topological polar surface area (TPSA) is 63.1 Å². The highest BCUT2D eigenvalue weighted by Gasteiger charge is 2.17. The first-order valence-electron chi connectivity index (χ1n) is 7.15. The Balaban J connectivity index is 1.65. The minimum absolute atomic E-state index is 0.155. The fraction of sp³-hybridized carbons (Fsp3) is 0.111. The number of benzene rings is 1. The molecule has 0 amide bonds. The number of hydrogen-bond donors (Lipinski definition) is 1. The Morgan fingerprint density at radius 3 is 2.48 bits per heavy atom. The summed E-state index contributed by atoms with van der Waals surface area (Å²) in [6.45, 7) is 0. The van der Waals surface area contributed by atoms with Crippen LogP contribution in [0.15, 0.2) is 59.1 Å². The van der Waals surface area contributed by atoms with Crippen LogP contribution in [-0.2, 0) is 6.42 Å². The minimum Gasteiger partial charge on any atom is -0.458 e. The SMILES string of the molecule is O=C(CC(=O)c1ccc(Cc2ccc(F)cc2)o1)c1ccc[nH]1. The van der Waals surface area contributed by atoms with Gasteiger partial charge in [0.25, 0.3) is 0 Å². The number of hydrogen-bond acceptors (Lipinski definition) is 3. The van der Waals surface area contributed by atoms with Gasteiger partial charge >= 0.3 is 0 Å². The molecule has 2 heterocycles. The molecule has 1 aromatic carbocycles. The molecule has 0 saturated heterocycles. The van der Waals surface area contributed by atoms with Crippen molar-refractivity contribution in [1.82, 2.24) is 4.98 Å². The molecule has 23 heavy (non-hydrogen) atoms. The van der Waals surface area contributed by atoms with Gasteiger partial charge in [0.2, 0.25) is 5.78 Å². The molecule has 1 N–H and O–H groups in total. The molecule has 0 aliphatic rings. The summed E-state index contributed by atoms with van der Waals surface area (Å²) >= 11 is 0. The monoisotopic (exact) mass is 311 g/mol. The predicted molar refractivity (Wildman–Crippen MR) is 82.0 cm³/mol. The number of H-pyrrole nitrogens is 1. The fourth-order valence-electron chi connectivity index (χ4n) is 2.26. The number of carbonyl (C=O) groups excluding carboxylic acids is 2. The first-order chi connectivity index (χ1) is 11.1. The highest BCUT2D eigenvalue weighted by molar-refractivity contribution is 6.11. The summed E-state index contributed by atoms with van der Waals surface area (Å²) in [5.41, 5.74) is 1.28. The standard InChI is InChI=1S/C18H14FNO3/c19-13-5-3-12(4-6-13)10-14-7-8-18(23-14)17(22)11-16(21)15-2-1-9-20-15/h1-9,20H,10-11H2. The predicted octanol–water partition coefficient (Wildman–Crippen LogP) is 3.79. The molecule has 4 nitrogen and oxygen atoms in total. The van der Waals surface area contributed by atoms with Crippen molar-refractivity contribution >= 4 is 11.6 Å². The summed E-state index contributed by atoms with van der Waals surface area (Å²) in [4.78, 5) is 26.7. The highest BCUT2D eigenvalue weighted by Crippen LogP contribution is 2.16. The number of Topliss-reactive ketones (excluding diaryl/α,β-unsaturated/α-hetero) is 2. The van der Waals surface area contributed by atoms with Gasteiger partial charge in [-0.15, -0.1) is 0 Å². The zero-order valence-electron chi connectivity index (χ0n) is 12.2. The lowest BCUT2D eigenvalue weighted by Crippen LogP contribution is -2.08. The molecule has 0 radical (unpaired) electrons. The number of aromatic amines is 1. The smallest absolute Gasteiger partial charge is 0.205 e. The van der Waals surface area contributed by atoms with Crippen molar-refractivity contribution in [3.8, 4) is 0 Å². The maximum absolute atomic E-state index is 12.9. The van der Waals surface area contributed by atoms with Crippen LogP contribution in [0.2, 0.25) is 0 Å². The number of nitrogens with one attached hydrogen (secondary N) is 1. The van der Waals surface area contributed by atoms with E-state index in [4.69, 9.17) is 4.42 Å². The van der Waals surface area contributed by atoms with Crippen molar-refractivity contribution < 1.29 is 18.4 Å². The maximum Gasteiger partial charge on any atom is 0.205 e. The molecule has 3 aromatic rings. The van der Waals surface area contributed by atoms with Crippen molar-refractivity contribution in [3.63, 3.8) is 0 Å². The first kappa shape index (κ1) is 15.0. The van der Waals surface area contributed by atoms with Crippen LogP contribution in [0.1, 0.15) is 38.8 Å². The molecule has 116 valence electrons. The summed E-state index contributed by atoms with van der Waals surface area (Å²) in [5, 5.41) is 0. The molecule has 3 rings (SSSR count). The average Bonchev–Trinajstić information content (AvgIpc) is 3.21. The zero-order chi connectivity index (χ0) is 16.2. The molecule has 0 aliphatic carbocycles. The molecule has 2 aromatic heterocycles. The minimum atomic E-state index is -0.366. The van der Waals surface area contributed by atoms with Gasteiger partial charge < -0.3 is 9.40 Å². The first-order valence-corrected chi connectivity index (χ1v) is 7.15. The van der Waals surface area contributed by atoms with E-state index >= 15 is 0 Å². The lowest BCUT2D eigenvalue weighted by atomic mass is 10.1. The lowest BCUT2D eigenvalue weighted by Gasteiger charge is -1.99. The van der Waals surface area contributed by atoms with Crippen LogP contribution in [0.4, 0.5) is 4.39 Å². The van der Waals surface area contributed by atoms with Gasteiger partial charge in [-0.25, -0.2) is 4.39 Å². The van der Waals surface area contributed by atoms with Crippen LogP contribution in [0.25, 0.3) is 0 Å². The van der Waals surface area contributed by atoms with E-state index in [9.17, 15) is 14.0 Å². The molecule has 0 saturated carbocycles. The van der Waals surface area contributed by atoms with Crippen molar-refractivity contribution in [2.75, 3.05) is 0 Å². The van der Waals surface area contributed by atoms with Gasteiger partial charge in [0.05, 0.1) is 12.1 Å². The van der Waals surface area contributed by atoms with Gasteiger partial charge in [-0.1, -0.05) is 12.1 Å². The van der Waals surface area contributed by atoms with E-state index in [1.54, 1.807) is 42.6 Å². The van der Waals surface area contributed by atoms with Crippen molar-refractivity contribution in [2.45, 2.75) is 12.8 Å². The molecule has 5 heteroatoms. The van der Waals surface area contributed by atoms with Gasteiger partial charge in [-0.05, 0) is 42.0 Å². The second-order valence-electron chi connectivity index (χ2n) is 5.18. The van der Waals surface area contributed by atoms with E-state index in [1.807, 2.05) is 0 Å². The summed E-state index contributed by atoms with van der Waals surface area (Å²) in [5.74, 6) is -0.201. The van der Waals surface area contributed by atoms with Crippen LogP contribution in [0.5, 0.6) is 0 Å². The summed E-state index contributed by atoms with van der Waals surface area (Å²) < 4.78 is 18.4. The molecule has 0 fully saturated rings. The molecule has 0 atom stereocenters. The van der Waals surface area contributed by atoms with E-state index in [0.29, 0.717) is 17.9 Å². The molecular formula is C18H14FNO3. The van der Waals surface area contributed by atoms with E-state index in [0.717, 1.165) is 5.56 Å². The maximum atomic E-state index is 12.9. The number of furan rings is 1. The third kappa shape index (κ3) is 3.63. The van der Waals surface area contributed by atoms with Crippen molar-refractivity contribution in [3.05, 3.63) is 83.3 Å². The van der Waals surface area contributed by atoms with Crippen LogP contribution in [0, 0.1) is 5.82 Å². The molecule has 0 spiro atoms. The molecular weight excluding hydrogens is 297 g/mol. The second-order valence-corrected chi connectivity index (χ2v) is 5.18. The number of aromatic nitrogens is 1. The van der Waals surface area contributed by atoms with Crippen LogP contribution in [0.3, 0.4) is 0 Å².